The van der Waals surface area contributed by atoms with Crippen LogP contribution in [0.15, 0.2) is 125 Å². The Labute approximate surface area is 250 Å². The Morgan fingerprint density at radius 2 is 1.53 bits per heavy atom. The van der Waals surface area contributed by atoms with Crippen molar-refractivity contribution in [2.24, 2.45) is 5.10 Å². The van der Waals surface area contributed by atoms with Crippen molar-refractivity contribution in [3.63, 3.8) is 0 Å². The number of aryl methyl sites for hydroxylation is 2. The van der Waals surface area contributed by atoms with Crippen molar-refractivity contribution in [2.75, 3.05) is 0 Å². The maximum atomic E-state index is 12.6. The maximum Gasteiger partial charge on any atom is 0.307 e. The zero-order valence-corrected chi connectivity index (χ0v) is 24.0. The number of benzene rings is 4. The molecular weight excluding hydrogens is 538 g/mol. The molecule has 7 nitrogen and oxygen atoms in total. The quantitative estimate of drug-likeness (QED) is 0.135. The predicted molar refractivity (Wildman–Crippen MR) is 168 cm³/mol. The first-order valence-electron chi connectivity index (χ1n) is 14.0. The minimum atomic E-state index is -0.451. The number of hydrazone groups is 1. The van der Waals surface area contributed by atoms with Gasteiger partial charge in [0.25, 0.3) is 0 Å². The van der Waals surface area contributed by atoms with Gasteiger partial charge in [0.15, 0.2) is 5.76 Å². The molecule has 214 valence electrons. The molecule has 0 unspecified atom stereocenters. The number of aromatic nitrogens is 1. The van der Waals surface area contributed by atoms with Crippen LogP contribution in [-0.4, -0.2) is 16.7 Å². The van der Waals surface area contributed by atoms with Gasteiger partial charge in [-0.3, -0.25) is 4.79 Å². The molecule has 2 heterocycles. The van der Waals surface area contributed by atoms with Gasteiger partial charge in [0.05, 0.1) is 6.21 Å². The van der Waals surface area contributed by atoms with Gasteiger partial charge in [-0.05, 0) is 96.4 Å². The Bertz CT molecular complexity index is 1880. The number of hydrogen-bond acceptors (Lipinski definition) is 5. The number of amides is 1. The molecule has 43 heavy (non-hydrogen) atoms. The third-order valence-electron chi connectivity index (χ3n) is 7.14. The summed E-state index contributed by atoms with van der Waals surface area (Å²) in [6.45, 7) is 4.80. The van der Waals surface area contributed by atoms with Gasteiger partial charge in [-0.1, -0.05) is 54.6 Å². The topological polar surface area (TPSA) is 78.0 Å². The van der Waals surface area contributed by atoms with E-state index in [0.29, 0.717) is 23.9 Å². The van der Waals surface area contributed by atoms with Gasteiger partial charge in [-0.2, -0.15) is 5.10 Å². The van der Waals surface area contributed by atoms with E-state index >= 15 is 0 Å². The summed E-state index contributed by atoms with van der Waals surface area (Å²) in [6, 6.07) is 37.4. The first-order valence-corrected chi connectivity index (χ1v) is 14.0. The second-order valence-corrected chi connectivity index (χ2v) is 10.2. The smallest absolute Gasteiger partial charge is 0.307 e. The summed E-state index contributed by atoms with van der Waals surface area (Å²) in [6.07, 6.45) is 1.57. The molecule has 0 bridgehead atoms. The number of nitrogens with one attached hydrogen (secondary N) is 1. The largest absolute Gasteiger partial charge is 0.489 e. The van der Waals surface area contributed by atoms with Crippen LogP contribution >= 0.6 is 0 Å². The van der Waals surface area contributed by atoms with Gasteiger partial charge in [0, 0.05) is 17.1 Å². The number of rotatable bonds is 10. The van der Waals surface area contributed by atoms with Crippen molar-refractivity contribution in [3.8, 4) is 17.2 Å². The van der Waals surface area contributed by atoms with Crippen LogP contribution in [0.4, 0.5) is 0 Å². The minimum absolute atomic E-state index is 0.150. The van der Waals surface area contributed by atoms with Crippen molar-refractivity contribution in [1.29, 1.82) is 0 Å². The highest BCUT2D eigenvalue weighted by atomic mass is 16.5. The van der Waals surface area contributed by atoms with Crippen LogP contribution in [0.25, 0.3) is 16.5 Å². The maximum absolute atomic E-state index is 12.6. The van der Waals surface area contributed by atoms with E-state index < -0.39 is 5.91 Å². The van der Waals surface area contributed by atoms with E-state index in [1.54, 1.807) is 18.3 Å². The third kappa shape index (κ3) is 6.52. The zero-order chi connectivity index (χ0) is 29.6. The Hall–Kier alpha value is -5.56. The van der Waals surface area contributed by atoms with Crippen molar-refractivity contribution in [3.05, 3.63) is 149 Å². The summed E-state index contributed by atoms with van der Waals surface area (Å²) in [7, 11) is 0. The number of hydrogen-bond donors (Lipinski definition) is 1. The molecule has 0 saturated carbocycles. The molecule has 0 saturated heterocycles. The number of fused-ring (bicyclic) bond motifs is 1. The fourth-order valence-corrected chi connectivity index (χ4v) is 4.98. The number of nitrogens with zero attached hydrogens (tertiary/aromatic N) is 2. The lowest BCUT2D eigenvalue weighted by atomic mass is 10.1. The van der Waals surface area contributed by atoms with Gasteiger partial charge in [-0.25, -0.2) is 5.43 Å². The van der Waals surface area contributed by atoms with Crippen LogP contribution in [0.3, 0.4) is 0 Å². The van der Waals surface area contributed by atoms with E-state index in [4.69, 9.17) is 13.9 Å². The lowest BCUT2D eigenvalue weighted by Gasteiger charge is -2.10. The number of carbonyl (C=O) groups excluding carboxylic acids is 1. The molecule has 0 spiro atoms. The van der Waals surface area contributed by atoms with E-state index in [0.717, 1.165) is 16.8 Å². The molecule has 6 rings (SSSR count). The van der Waals surface area contributed by atoms with Crippen molar-refractivity contribution >= 4 is 22.9 Å². The monoisotopic (exact) mass is 569 g/mol. The van der Waals surface area contributed by atoms with E-state index in [1.807, 2.05) is 66.7 Å². The van der Waals surface area contributed by atoms with Gasteiger partial charge in [0.2, 0.25) is 0 Å². The molecule has 6 aromatic rings. The molecule has 0 radical (unpaired) electrons. The molecule has 0 fully saturated rings. The number of ether oxygens (including phenoxy) is 2. The van der Waals surface area contributed by atoms with Crippen LogP contribution in [0, 0.1) is 13.8 Å². The average molecular weight is 570 g/mol. The molecule has 0 aliphatic heterocycles. The van der Waals surface area contributed by atoms with E-state index in [1.165, 1.54) is 22.2 Å². The third-order valence-corrected chi connectivity index (χ3v) is 7.14. The van der Waals surface area contributed by atoms with E-state index in [-0.39, 0.29) is 12.4 Å². The molecule has 1 amide bonds. The summed E-state index contributed by atoms with van der Waals surface area (Å²) in [5.74, 6) is 1.65. The summed E-state index contributed by atoms with van der Waals surface area (Å²) in [5.41, 5.74) is 7.84. The fourth-order valence-electron chi connectivity index (χ4n) is 4.98. The Kier molecular flexibility index (Phi) is 8.04. The van der Waals surface area contributed by atoms with Crippen LogP contribution in [0.1, 0.15) is 38.8 Å². The highest BCUT2D eigenvalue weighted by Gasteiger charge is 2.11. The van der Waals surface area contributed by atoms with E-state index in [2.05, 4.69) is 65.3 Å². The van der Waals surface area contributed by atoms with Crippen LogP contribution in [-0.2, 0) is 13.2 Å². The van der Waals surface area contributed by atoms with Gasteiger partial charge < -0.3 is 18.5 Å². The van der Waals surface area contributed by atoms with Crippen LogP contribution in [0.5, 0.6) is 11.5 Å². The predicted octanol–water partition coefficient (Wildman–Crippen LogP) is 7.76. The Morgan fingerprint density at radius 1 is 0.791 bits per heavy atom. The number of furan rings is 1. The molecule has 0 aliphatic rings. The van der Waals surface area contributed by atoms with Crippen molar-refractivity contribution in [2.45, 2.75) is 27.1 Å². The summed E-state index contributed by atoms with van der Waals surface area (Å²) < 4.78 is 19.8. The lowest BCUT2D eigenvalue weighted by Crippen LogP contribution is -2.16. The summed E-state index contributed by atoms with van der Waals surface area (Å²) in [4.78, 5) is 12.6. The molecule has 0 atom stereocenters. The normalized spacial score (nSPS) is 11.2. The highest BCUT2D eigenvalue weighted by Crippen LogP contribution is 2.22. The first kappa shape index (κ1) is 27.6. The summed E-state index contributed by atoms with van der Waals surface area (Å²) in [5, 5.41) is 6.44. The van der Waals surface area contributed by atoms with Crippen molar-refractivity contribution < 1.29 is 18.7 Å². The molecule has 2 aromatic heterocycles. The van der Waals surface area contributed by atoms with Crippen molar-refractivity contribution in [1.82, 2.24) is 9.99 Å². The zero-order valence-electron chi connectivity index (χ0n) is 24.0. The SMILES string of the molecule is Cc1ccc(C)n1-c1ccc(OCc2ccc(C(=O)N/N=C/c3cccc(OCc4cccc5ccccc45)c3)o2)cc1. The first-order chi connectivity index (χ1) is 21.0. The summed E-state index contributed by atoms with van der Waals surface area (Å²) >= 11 is 0. The molecule has 7 heteroatoms. The lowest BCUT2D eigenvalue weighted by molar-refractivity contribution is 0.0923. The fraction of sp³-hybridized carbons (Fsp3) is 0.111. The van der Waals surface area contributed by atoms with Gasteiger partial charge in [0.1, 0.15) is 30.5 Å². The minimum Gasteiger partial charge on any atom is -0.489 e. The van der Waals surface area contributed by atoms with Crippen LogP contribution in [0.2, 0.25) is 0 Å². The number of carbonyl (C=O) groups is 1. The Balaban J connectivity index is 1.00. The Morgan fingerprint density at radius 3 is 2.37 bits per heavy atom. The standard InChI is InChI=1S/C36H31N3O4/c1-25-13-14-26(2)39(25)30-15-17-31(18-16-30)42-24-33-19-20-35(43-33)36(40)38-37-22-27-7-5-11-32(21-27)41-23-29-10-6-9-28-8-3-4-12-34(28)29/h3-22H,23-24H2,1-2H3,(H,38,40)/b37-22+. The van der Waals surface area contributed by atoms with Crippen LogP contribution < -0.4 is 14.9 Å². The molecule has 1 N–H and O–H groups in total. The van der Waals surface area contributed by atoms with Gasteiger partial charge in [-0.15, -0.1) is 0 Å². The highest BCUT2D eigenvalue weighted by molar-refractivity contribution is 5.92. The van der Waals surface area contributed by atoms with Gasteiger partial charge >= 0.3 is 5.91 Å². The molecule has 0 aliphatic carbocycles. The average Bonchev–Trinajstić information content (AvgIpc) is 3.65. The second kappa shape index (κ2) is 12.5. The molecule has 4 aromatic carbocycles. The second-order valence-electron chi connectivity index (χ2n) is 10.2. The van der Waals surface area contributed by atoms with E-state index in [9.17, 15) is 4.79 Å². The molecular formula is C36H31N3O4.